The maximum atomic E-state index is 12.0. The van der Waals surface area contributed by atoms with E-state index in [9.17, 15) is 14.4 Å². The number of rotatable bonds is 4. The van der Waals surface area contributed by atoms with Crippen molar-refractivity contribution in [3.8, 4) is 0 Å². The number of primary amides is 1. The fourth-order valence-corrected chi connectivity index (χ4v) is 2.16. The van der Waals surface area contributed by atoms with Crippen molar-refractivity contribution < 1.29 is 23.9 Å². The van der Waals surface area contributed by atoms with E-state index in [0.717, 1.165) is 11.1 Å². The topological polar surface area (TPSA) is 108 Å². The first kappa shape index (κ1) is 20.2. The Morgan fingerprint density at radius 1 is 1.12 bits per heavy atom. The average Bonchev–Trinajstić information content (AvgIpc) is 2.46. The van der Waals surface area contributed by atoms with Gasteiger partial charge in [0.05, 0.1) is 7.11 Å². The number of esters is 1. The lowest BCUT2D eigenvalue weighted by molar-refractivity contribution is -0.136. The van der Waals surface area contributed by atoms with Crippen molar-refractivity contribution in [1.29, 1.82) is 0 Å². The molecule has 0 unspecified atom stereocenters. The van der Waals surface area contributed by atoms with Gasteiger partial charge in [-0.05, 0) is 69.5 Å². The molecule has 0 fully saturated rings. The lowest BCUT2D eigenvalue weighted by atomic mass is 9.98. The van der Waals surface area contributed by atoms with Crippen molar-refractivity contribution >= 4 is 24.0 Å². The number of carbonyl (C=O) groups is 3. The standard InChI is InChI=1S/C18H24N2O5/c1-10-7-12(15(19)21)8-11(2)13(10)9-14(16(22)24-6)20-17(23)25-18(3,4)5/h7-9H,1-6H3,(H2,19,21)(H,20,23). The van der Waals surface area contributed by atoms with Gasteiger partial charge in [0.25, 0.3) is 0 Å². The third kappa shape index (κ3) is 5.95. The number of hydrogen-bond acceptors (Lipinski definition) is 5. The Labute approximate surface area is 147 Å². The lowest BCUT2D eigenvalue weighted by Crippen LogP contribution is -2.34. The highest BCUT2D eigenvalue weighted by Crippen LogP contribution is 2.20. The van der Waals surface area contributed by atoms with Gasteiger partial charge in [-0.15, -0.1) is 0 Å². The monoisotopic (exact) mass is 348 g/mol. The summed E-state index contributed by atoms with van der Waals surface area (Å²) in [5, 5.41) is 2.40. The highest BCUT2D eigenvalue weighted by molar-refractivity contribution is 5.98. The molecule has 0 aliphatic rings. The summed E-state index contributed by atoms with van der Waals surface area (Å²) >= 11 is 0. The Morgan fingerprint density at radius 2 is 1.64 bits per heavy atom. The van der Waals surface area contributed by atoms with Crippen LogP contribution in [0.2, 0.25) is 0 Å². The summed E-state index contributed by atoms with van der Waals surface area (Å²) in [7, 11) is 1.21. The first-order chi connectivity index (χ1) is 11.4. The molecule has 0 aliphatic carbocycles. The normalized spacial score (nSPS) is 11.7. The number of alkyl carbamates (subject to hydrolysis) is 1. The van der Waals surface area contributed by atoms with Crippen LogP contribution in [0.15, 0.2) is 17.8 Å². The van der Waals surface area contributed by atoms with Crippen LogP contribution in [0.5, 0.6) is 0 Å². The van der Waals surface area contributed by atoms with Crippen LogP contribution in [0.3, 0.4) is 0 Å². The van der Waals surface area contributed by atoms with Crippen molar-refractivity contribution in [3.63, 3.8) is 0 Å². The van der Waals surface area contributed by atoms with Crippen LogP contribution in [0.4, 0.5) is 4.79 Å². The predicted molar refractivity (Wildman–Crippen MR) is 93.8 cm³/mol. The number of benzene rings is 1. The summed E-state index contributed by atoms with van der Waals surface area (Å²) < 4.78 is 9.86. The van der Waals surface area contributed by atoms with Gasteiger partial charge in [-0.3, -0.25) is 10.1 Å². The highest BCUT2D eigenvalue weighted by Gasteiger charge is 2.20. The molecule has 3 N–H and O–H groups in total. The van der Waals surface area contributed by atoms with Crippen LogP contribution in [-0.2, 0) is 14.3 Å². The molecule has 0 heterocycles. The van der Waals surface area contributed by atoms with Crippen molar-refractivity contribution in [2.45, 2.75) is 40.2 Å². The van der Waals surface area contributed by atoms with Crippen molar-refractivity contribution in [2.24, 2.45) is 5.73 Å². The molecular formula is C18H24N2O5. The molecule has 0 saturated heterocycles. The van der Waals surface area contributed by atoms with Gasteiger partial charge in [0.2, 0.25) is 5.91 Å². The predicted octanol–water partition coefficient (Wildman–Crippen LogP) is 2.44. The molecule has 136 valence electrons. The number of amides is 2. The van der Waals surface area contributed by atoms with E-state index in [1.54, 1.807) is 46.8 Å². The Hall–Kier alpha value is -2.83. The van der Waals surface area contributed by atoms with Crippen LogP contribution in [0, 0.1) is 13.8 Å². The summed E-state index contributed by atoms with van der Waals surface area (Å²) in [5.41, 5.74) is 7.00. The van der Waals surface area contributed by atoms with Gasteiger partial charge in [-0.1, -0.05) is 0 Å². The van der Waals surface area contributed by atoms with E-state index in [2.05, 4.69) is 5.32 Å². The maximum absolute atomic E-state index is 12.0. The maximum Gasteiger partial charge on any atom is 0.412 e. The number of aryl methyl sites for hydroxylation is 2. The molecule has 0 atom stereocenters. The molecular weight excluding hydrogens is 324 g/mol. The van der Waals surface area contributed by atoms with E-state index >= 15 is 0 Å². The van der Waals surface area contributed by atoms with Gasteiger partial charge >= 0.3 is 12.1 Å². The minimum atomic E-state index is -0.770. The zero-order valence-corrected chi connectivity index (χ0v) is 15.4. The summed E-state index contributed by atoms with van der Waals surface area (Å²) in [5.74, 6) is -1.26. The Balaban J connectivity index is 3.26. The molecule has 0 aromatic heterocycles. The molecule has 1 aromatic carbocycles. The van der Waals surface area contributed by atoms with Crippen LogP contribution < -0.4 is 11.1 Å². The first-order valence-corrected chi connectivity index (χ1v) is 7.65. The summed E-state index contributed by atoms with van der Waals surface area (Å²) in [4.78, 5) is 35.3. The molecule has 0 spiro atoms. The Bertz CT molecular complexity index is 706. The quantitative estimate of drug-likeness (QED) is 0.642. The molecule has 7 heteroatoms. The van der Waals surface area contributed by atoms with Gasteiger partial charge in [0, 0.05) is 5.56 Å². The van der Waals surface area contributed by atoms with Gasteiger partial charge in [-0.2, -0.15) is 0 Å². The molecule has 1 rings (SSSR count). The zero-order chi connectivity index (χ0) is 19.4. The van der Waals surface area contributed by atoms with E-state index < -0.39 is 23.6 Å². The van der Waals surface area contributed by atoms with Crippen molar-refractivity contribution in [1.82, 2.24) is 5.32 Å². The minimum Gasteiger partial charge on any atom is -0.464 e. The van der Waals surface area contributed by atoms with E-state index in [4.69, 9.17) is 15.2 Å². The fraction of sp³-hybridized carbons (Fsp3) is 0.389. The number of carbonyl (C=O) groups excluding carboxylic acids is 3. The Morgan fingerprint density at radius 3 is 2.04 bits per heavy atom. The second-order valence-electron chi connectivity index (χ2n) is 6.56. The molecule has 0 saturated carbocycles. The van der Waals surface area contributed by atoms with Gasteiger partial charge in [0.1, 0.15) is 11.3 Å². The molecule has 2 amide bonds. The number of methoxy groups -OCH3 is 1. The van der Waals surface area contributed by atoms with Crippen LogP contribution in [-0.4, -0.2) is 30.7 Å². The number of nitrogens with two attached hydrogens (primary N) is 1. The van der Waals surface area contributed by atoms with Crippen LogP contribution in [0.1, 0.15) is 47.8 Å². The molecule has 0 radical (unpaired) electrons. The van der Waals surface area contributed by atoms with E-state index in [-0.39, 0.29) is 5.70 Å². The van der Waals surface area contributed by atoms with Gasteiger partial charge in [0.15, 0.2) is 0 Å². The SMILES string of the molecule is COC(=O)C(=Cc1c(C)cc(C(N)=O)cc1C)NC(=O)OC(C)(C)C. The summed E-state index contributed by atoms with van der Waals surface area (Å²) in [6, 6.07) is 3.23. The molecule has 0 bridgehead atoms. The number of ether oxygens (including phenoxy) is 2. The average molecular weight is 348 g/mol. The molecule has 25 heavy (non-hydrogen) atoms. The largest absolute Gasteiger partial charge is 0.464 e. The molecule has 0 aliphatic heterocycles. The highest BCUT2D eigenvalue weighted by atomic mass is 16.6. The Kier molecular flexibility index (Phi) is 6.33. The fourth-order valence-electron chi connectivity index (χ4n) is 2.16. The first-order valence-electron chi connectivity index (χ1n) is 7.65. The minimum absolute atomic E-state index is 0.0743. The molecule has 1 aromatic rings. The van der Waals surface area contributed by atoms with Crippen LogP contribution in [0.25, 0.3) is 6.08 Å². The summed E-state index contributed by atoms with van der Waals surface area (Å²) in [6.45, 7) is 8.68. The van der Waals surface area contributed by atoms with Crippen molar-refractivity contribution in [3.05, 3.63) is 40.1 Å². The van der Waals surface area contributed by atoms with Gasteiger partial charge in [-0.25, -0.2) is 9.59 Å². The summed E-state index contributed by atoms with van der Waals surface area (Å²) in [6.07, 6.45) is 0.707. The van der Waals surface area contributed by atoms with Gasteiger partial charge < -0.3 is 15.2 Å². The lowest BCUT2D eigenvalue weighted by Gasteiger charge is -2.20. The molecule has 7 nitrogen and oxygen atoms in total. The number of nitrogens with one attached hydrogen (secondary N) is 1. The second kappa shape index (κ2) is 7.83. The second-order valence-corrected chi connectivity index (χ2v) is 6.56. The third-order valence-electron chi connectivity index (χ3n) is 3.21. The number of hydrogen-bond donors (Lipinski definition) is 2. The zero-order valence-electron chi connectivity index (χ0n) is 15.4. The van der Waals surface area contributed by atoms with Crippen LogP contribution >= 0.6 is 0 Å². The van der Waals surface area contributed by atoms with E-state index in [1.165, 1.54) is 13.2 Å². The van der Waals surface area contributed by atoms with E-state index in [1.807, 2.05) is 0 Å². The smallest absolute Gasteiger partial charge is 0.412 e. The van der Waals surface area contributed by atoms with Crippen molar-refractivity contribution in [2.75, 3.05) is 7.11 Å². The third-order valence-corrected chi connectivity index (χ3v) is 3.21. The van der Waals surface area contributed by atoms with E-state index in [0.29, 0.717) is 11.1 Å².